The Labute approximate surface area is 141 Å². The van der Waals surface area contributed by atoms with Gasteiger partial charge in [-0.15, -0.1) is 0 Å². The van der Waals surface area contributed by atoms with Crippen molar-refractivity contribution in [2.75, 3.05) is 17.6 Å². The third-order valence-electron chi connectivity index (χ3n) is 3.37. The number of rotatable bonds is 7. The standard InChI is InChI=1S/C16H20Cl2N4/c1-2-3-8-20-15-12(10-21-16(19)22-15)6-4-11-5-7-13(17)14(18)9-11/h5,7,9-10H,2-4,6,8H2,1H3,(H3,19,20,21,22). The number of aryl methyl sites for hydroxylation is 2. The molecule has 0 aliphatic rings. The first-order valence-corrected chi connectivity index (χ1v) is 8.15. The zero-order valence-electron chi connectivity index (χ0n) is 12.6. The monoisotopic (exact) mass is 338 g/mol. The van der Waals surface area contributed by atoms with Gasteiger partial charge < -0.3 is 11.1 Å². The molecule has 0 saturated carbocycles. The minimum absolute atomic E-state index is 0.289. The van der Waals surface area contributed by atoms with Crippen LogP contribution in [0.2, 0.25) is 10.0 Å². The van der Waals surface area contributed by atoms with Crippen LogP contribution >= 0.6 is 23.2 Å². The molecule has 0 radical (unpaired) electrons. The topological polar surface area (TPSA) is 63.8 Å². The van der Waals surface area contributed by atoms with Crippen molar-refractivity contribution in [1.29, 1.82) is 0 Å². The predicted molar refractivity (Wildman–Crippen MR) is 93.7 cm³/mol. The van der Waals surface area contributed by atoms with Crippen molar-refractivity contribution in [2.24, 2.45) is 0 Å². The van der Waals surface area contributed by atoms with E-state index in [1.807, 2.05) is 18.2 Å². The van der Waals surface area contributed by atoms with Crippen molar-refractivity contribution in [3.05, 3.63) is 45.6 Å². The zero-order valence-corrected chi connectivity index (χ0v) is 14.1. The first-order valence-electron chi connectivity index (χ1n) is 7.39. The van der Waals surface area contributed by atoms with E-state index in [0.717, 1.165) is 49.2 Å². The molecule has 6 heteroatoms. The molecule has 0 fully saturated rings. The average Bonchev–Trinajstić information content (AvgIpc) is 2.50. The van der Waals surface area contributed by atoms with Gasteiger partial charge in [0, 0.05) is 18.3 Å². The van der Waals surface area contributed by atoms with Crippen LogP contribution in [0.1, 0.15) is 30.9 Å². The van der Waals surface area contributed by atoms with Gasteiger partial charge in [-0.05, 0) is 37.0 Å². The van der Waals surface area contributed by atoms with Gasteiger partial charge in [0.15, 0.2) is 0 Å². The van der Waals surface area contributed by atoms with E-state index in [2.05, 4.69) is 22.2 Å². The van der Waals surface area contributed by atoms with E-state index < -0.39 is 0 Å². The van der Waals surface area contributed by atoms with Crippen molar-refractivity contribution in [3.8, 4) is 0 Å². The molecule has 0 atom stereocenters. The highest BCUT2D eigenvalue weighted by Crippen LogP contribution is 2.24. The molecule has 2 rings (SSSR count). The molecule has 0 saturated heterocycles. The van der Waals surface area contributed by atoms with Gasteiger partial charge in [0.1, 0.15) is 5.82 Å². The summed E-state index contributed by atoms with van der Waals surface area (Å²) in [4.78, 5) is 8.39. The molecule has 1 aromatic carbocycles. The number of nitrogens with zero attached hydrogens (tertiary/aromatic N) is 2. The number of nitrogen functional groups attached to an aromatic ring is 1. The molecule has 1 aromatic heterocycles. The van der Waals surface area contributed by atoms with Gasteiger partial charge in [-0.25, -0.2) is 4.98 Å². The molecule has 118 valence electrons. The lowest BCUT2D eigenvalue weighted by Gasteiger charge is -2.11. The summed E-state index contributed by atoms with van der Waals surface area (Å²) in [5.41, 5.74) is 7.86. The van der Waals surface area contributed by atoms with Crippen molar-refractivity contribution >= 4 is 35.0 Å². The van der Waals surface area contributed by atoms with Crippen LogP contribution < -0.4 is 11.1 Å². The average molecular weight is 339 g/mol. The fourth-order valence-electron chi connectivity index (χ4n) is 2.11. The second kappa shape index (κ2) is 8.20. The quantitative estimate of drug-likeness (QED) is 0.736. The Balaban J connectivity index is 2.06. The van der Waals surface area contributed by atoms with Crippen LogP contribution in [-0.2, 0) is 12.8 Å². The summed E-state index contributed by atoms with van der Waals surface area (Å²) in [5, 5.41) is 4.48. The number of nitrogens with two attached hydrogens (primary N) is 1. The summed E-state index contributed by atoms with van der Waals surface area (Å²) < 4.78 is 0. The molecule has 0 amide bonds. The van der Waals surface area contributed by atoms with Crippen LogP contribution in [0, 0.1) is 0 Å². The van der Waals surface area contributed by atoms with E-state index in [4.69, 9.17) is 28.9 Å². The number of halogens is 2. The molecular formula is C16H20Cl2N4. The minimum Gasteiger partial charge on any atom is -0.370 e. The summed E-state index contributed by atoms with van der Waals surface area (Å²) in [6.45, 7) is 3.04. The van der Waals surface area contributed by atoms with Gasteiger partial charge in [-0.3, -0.25) is 0 Å². The van der Waals surface area contributed by atoms with Crippen LogP contribution in [0.3, 0.4) is 0 Å². The van der Waals surface area contributed by atoms with Gasteiger partial charge in [-0.2, -0.15) is 4.98 Å². The smallest absolute Gasteiger partial charge is 0.221 e. The Morgan fingerprint density at radius 2 is 2.00 bits per heavy atom. The number of aromatic nitrogens is 2. The van der Waals surface area contributed by atoms with Gasteiger partial charge in [0.2, 0.25) is 5.95 Å². The highest BCUT2D eigenvalue weighted by molar-refractivity contribution is 6.42. The lowest BCUT2D eigenvalue weighted by Crippen LogP contribution is -2.09. The van der Waals surface area contributed by atoms with Crippen LogP contribution in [0.25, 0.3) is 0 Å². The van der Waals surface area contributed by atoms with Crippen LogP contribution in [0.5, 0.6) is 0 Å². The van der Waals surface area contributed by atoms with E-state index in [1.54, 1.807) is 6.20 Å². The van der Waals surface area contributed by atoms with E-state index in [0.29, 0.717) is 10.0 Å². The van der Waals surface area contributed by atoms with Crippen molar-refractivity contribution in [3.63, 3.8) is 0 Å². The molecule has 4 nitrogen and oxygen atoms in total. The lowest BCUT2D eigenvalue weighted by atomic mass is 10.1. The third-order valence-corrected chi connectivity index (χ3v) is 4.11. The van der Waals surface area contributed by atoms with Crippen LogP contribution in [0.15, 0.2) is 24.4 Å². The third kappa shape index (κ3) is 4.75. The number of unbranched alkanes of at least 4 members (excludes halogenated alkanes) is 1. The second-order valence-electron chi connectivity index (χ2n) is 5.13. The Morgan fingerprint density at radius 1 is 1.18 bits per heavy atom. The summed E-state index contributed by atoms with van der Waals surface area (Å²) in [7, 11) is 0. The molecule has 1 heterocycles. The highest BCUT2D eigenvalue weighted by Gasteiger charge is 2.07. The molecule has 0 spiro atoms. The number of hydrogen-bond acceptors (Lipinski definition) is 4. The maximum atomic E-state index is 6.05. The lowest BCUT2D eigenvalue weighted by molar-refractivity contribution is 0.825. The van der Waals surface area contributed by atoms with Crippen LogP contribution in [0.4, 0.5) is 11.8 Å². The first-order chi connectivity index (χ1) is 10.6. The van der Waals surface area contributed by atoms with Gasteiger partial charge >= 0.3 is 0 Å². The molecule has 0 unspecified atom stereocenters. The second-order valence-corrected chi connectivity index (χ2v) is 5.95. The largest absolute Gasteiger partial charge is 0.370 e. The SMILES string of the molecule is CCCCNc1nc(N)ncc1CCc1ccc(Cl)c(Cl)c1. The Morgan fingerprint density at radius 3 is 2.73 bits per heavy atom. The van der Waals surface area contributed by atoms with Gasteiger partial charge in [-0.1, -0.05) is 42.6 Å². The molecule has 3 N–H and O–H groups in total. The van der Waals surface area contributed by atoms with Crippen LogP contribution in [-0.4, -0.2) is 16.5 Å². The van der Waals surface area contributed by atoms with E-state index in [-0.39, 0.29) is 5.95 Å². The fourth-order valence-corrected chi connectivity index (χ4v) is 2.43. The van der Waals surface area contributed by atoms with E-state index in [9.17, 15) is 0 Å². The van der Waals surface area contributed by atoms with Crippen molar-refractivity contribution < 1.29 is 0 Å². The van der Waals surface area contributed by atoms with Crippen molar-refractivity contribution in [1.82, 2.24) is 9.97 Å². The molecule has 0 aliphatic carbocycles. The molecule has 2 aromatic rings. The van der Waals surface area contributed by atoms with Gasteiger partial charge in [0.25, 0.3) is 0 Å². The number of hydrogen-bond donors (Lipinski definition) is 2. The Bertz CT molecular complexity index is 632. The van der Waals surface area contributed by atoms with Gasteiger partial charge in [0.05, 0.1) is 10.0 Å². The zero-order chi connectivity index (χ0) is 15.9. The first kappa shape index (κ1) is 16.8. The number of benzene rings is 1. The molecular weight excluding hydrogens is 319 g/mol. The molecule has 0 bridgehead atoms. The summed E-state index contributed by atoms with van der Waals surface area (Å²) in [5.74, 6) is 1.11. The maximum absolute atomic E-state index is 6.05. The summed E-state index contributed by atoms with van der Waals surface area (Å²) in [6, 6.07) is 5.70. The Kier molecular flexibility index (Phi) is 6.28. The predicted octanol–water partition coefficient (Wildman–Crippen LogP) is 4.36. The van der Waals surface area contributed by atoms with Crippen molar-refractivity contribution in [2.45, 2.75) is 32.6 Å². The van der Waals surface area contributed by atoms with E-state index in [1.165, 1.54) is 0 Å². The maximum Gasteiger partial charge on any atom is 0.221 e. The highest BCUT2D eigenvalue weighted by atomic mass is 35.5. The fraction of sp³-hybridized carbons (Fsp3) is 0.375. The van der Waals surface area contributed by atoms with E-state index >= 15 is 0 Å². The summed E-state index contributed by atoms with van der Waals surface area (Å²) in [6.07, 6.45) is 5.66. The summed E-state index contributed by atoms with van der Waals surface area (Å²) >= 11 is 12.0. The number of anilines is 2. The molecule has 22 heavy (non-hydrogen) atoms. The molecule has 0 aliphatic heterocycles. The Hall–Kier alpha value is -1.52. The number of nitrogens with one attached hydrogen (secondary N) is 1. The minimum atomic E-state index is 0.289. The normalized spacial score (nSPS) is 10.7.